The van der Waals surface area contributed by atoms with Crippen LogP contribution in [0.25, 0.3) is 0 Å². The Balaban J connectivity index is 1.42. The zero-order valence-corrected chi connectivity index (χ0v) is 19.0. The molecule has 3 rings (SSSR count). The van der Waals surface area contributed by atoms with Crippen LogP contribution in [0.15, 0.2) is 28.8 Å². The van der Waals surface area contributed by atoms with Crippen LogP contribution in [0, 0.1) is 24.0 Å². The summed E-state index contributed by atoms with van der Waals surface area (Å²) in [6.07, 6.45) is -4.53. The van der Waals surface area contributed by atoms with Crippen molar-refractivity contribution in [2.24, 2.45) is 0 Å². The number of amides is 2. The number of halogens is 3. The van der Waals surface area contributed by atoms with E-state index in [4.69, 9.17) is 9.26 Å². The third kappa shape index (κ3) is 6.55. The van der Waals surface area contributed by atoms with Crippen molar-refractivity contribution in [2.75, 3.05) is 19.7 Å². The first-order valence-corrected chi connectivity index (χ1v) is 10.3. The Labute approximate surface area is 200 Å². The second kappa shape index (κ2) is 10.8. The molecular weight excluding hydrogens is 491 g/mol. The number of hydrogen-bond donors (Lipinski definition) is 2. The molecule has 0 aliphatic rings. The lowest BCUT2D eigenvalue weighted by atomic mass is 10.2. The fraction of sp³-hybridized carbons (Fsp3) is 0.350. The normalized spacial score (nSPS) is 11.2. The second-order valence-electron chi connectivity index (χ2n) is 7.37. The van der Waals surface area contributed by atoms with Crippen molar-refractivity contribution in [1.82, 2.24) is 30.6 Å². The molecule has 0 saturated heterocycles. The van der Waals surface area contributed by atoms with Gasteiger partial charge >= 0.3 is 23.7 Å². The van der Waals surface area contributed by atoms with Gasteiger partial charge in [-0.05, 0) is 32.0 Å². The minimum atomic E-state index is -4.53. The monoisotopic (exact) mass is 511 g/mol. The molecule has 0 atom stereocenters. The Morgan fingerprint density at radius 2 is 1.94 bits per heavy atom. The zero-order chi connectivity index (χ0) is 26.5. The van der Waals surface area contributed by atoms with Gasteiger partial charge in [0.15, 0.2) is 12.4 Å². The number of rotatable bonds is 10. The summed E-state index contributed by atoms with van der Waals surface area (Å²) in [5, 5.41) is 23.7. The molecular formula is C20H20F3N7O6. The van der Waals surface area contributed by atoms with Crippen LogP contribution in [-0.4, -0.2) is 56.4 Å². The third-order valence-corrected chi connectivity index (χ3v) is 4.74. The Kier molecular flexibility index (Phi) is 7.86. The highest BCUT2D eigenvalue weighted by molar-refractivity contribution is 5.89. The van der Waals surface area contributed by atoms with Crippen LogP contribution in [0.3, 0.4) is 0 Å². The van der Waals surface area contributed by atoms with Gasteiger partial charge in [0.1, 0.15) is 23.7 Å². The molecule has 0 aliphatic carbocycles. The molecule has 36 heavy (non-hydrogen) atoms. The van der Waals surface area contributed by atoms with Crippen LogP contribution in [0.5, 0.6) is 5.75 Å². The molecule has 2 N–H and O–H groups in total. The molecule has 0 radical (unpaired) electrons. The first-order valence-electron chi connectivity index (χ1n) is 10.3. The van der Waals surface area contributed by atoms with Crippen molar-refractivity contribution in [3.8, 4) is 5.75 Å². The smallest absolute Gasteiger partial charge is 0.416 e. The first kappa shape index (κ1) is 26.1. The highest BCUT2D eigenvalue weighted by Gasteiger charge is 2.30. The number of nitrogens with one attached hydrogen (secondary N) is 2. The van der Waals surface area contributed by atoms with Crippen LogP contribution < -0.4 is 15.4 Å². The molecule has 2 amide bonds. The fourth-order valence-electron chi connectivity index (χ4n) is 3.07. The largest absolute Gasteiger partial charge is 0.484 e. The number of alkyl halides is 3. The quantitative estimate of drug-likeness (QED) is 0.234. The molecule has 16 heteroatoms. The van der Waals surface area contributed by atoms with E-state index < -0.39 is 35.1 Å². The Hall–Kier alpha value is -4.50. The molecule has 13 nitrogen and oxygen atoms in total. The summed E-state index contributed by atoms with van der Waals surface area (Å²) < 4.78 is 49.4. The Morgan fingerprint density at radius 1 is 1.22 bits per heavy atom. The predicted octanol–water partition coefficient (Wildman–Crippen LogP) is 1.78. The lowest BCUT2D eigenvalue weighted by molar-refractivity contribution is -0.386. The highest BCUT2D eigenvalue weighted by Crippen LogP contribution is 2.31. The first-order chi connectivity index (χ1) is 17.0. The number of aromatic nitrogens is 4. The number of ether oxygens (including phenoxy) is 1. The van der Waals surface area contributed by atoms with Crippen LogP contribution >= 0.6 is 0 Å². The zero-order valence-electron chi connectivity index (χ0n) is 19.0. The van der Waals surface area contributed by atoms with Gasteiger partial charge < -0.3 is 19.9 Å². The summed E-state index contributed by atoms with van der Waals surface area (Å²) in [6.45, 7) is 2.41. The molecule has 2 heterocycles. The summed E-state index contributed by atoms with van der Waals surface area (Å²) in [7, 11) is 0. The number of aryl methyl sites for hydroxylation is 1. The SMILES string of the molecule is Cc1nn(Cc2noc(C(=O)NCCNC(=O)COc3cccc(C(F)(F)F)c3)n2)c(C)c1[N+](=O)[O-]. The van der Waals surface area contributed by atoms with Crippen molar-refractivity contribution in [3.05, 3.63) is 63.0 Å². The summed E-state index contributed by atoms with van der Waals surface area (Å²) in [5.74, 6) is -1.74. The maximum atomic E-state index is 12.7. The van der Waals surface area contributed by atoms with Crippen LogP contribution in [0.1, 0.15) is 33.5 Å². The van der Waals surface area contributed by atoms with Crippen molar-refractivity contribution in [1.29, 1.82) is 0 Å². The van der Waals surface area contributed by atoms with Gasteiger partial charge in [0, 0.05) is 13.1 Å². The lowest BCUT2D eigenvalue weighted by Gasteiger charge is -2.10. The van der Waals surface area contributed by atoms with Crippen LogP contribution in [0.2, 0.25) is 0 Å². The summed E-state index contributed by atoms with van der Waals surface area (Å²) >= 11 is 0. The molecule has 0 bridgehead atoms. The van der Waals surface area contributed by atoms with E-state index in [9.17, 15) is 32.9 Å². The van der Waals surface area contributed by atoms with E-state index in [1.165, 1.54) is 24.6 Å². The molecule has 1 aromatic carbocycles. The summed E-state index contributed by atoms with van der Waals surface area (Å²) in [6, 6.07) is 4.11. The minimum absolute atomic E-state index is 0.00700. The van der Waals surface area contributed by atoms with Gasteiger partial charge in [-0.25, -0.2) is 0 Å². The van der Waals surface area contributed by atoms with Crippen LogP contribution in [0.4, 0.5) is 18.9 Å². The number of carbonyl (C=O) groups excluding carboxylic acids is 2. The van der Waals surface area contributed by atoms with Crippen molar-refractivity contribution < 1.29 is 36.9 Å². The van der Waals surface area contributed by atoms with Crippen molar-refractivity contribution in [3.63, 3.8) is 0 Å². The molecule has 192 valence electrons. The third-order valence-electron chi connectivity index (χ3n) is 4.74. The van der Waals surface area contributed by atoms with E-state index in [-0.39, 0.29) is 48.5 Å². The number of nitro groups is 1. The van der Waals surface area contributed by atoms with E-state index in [1.807, 2.05) is 0 Å². The Bertz CT molecular complexity index is 1270. The van der Waals surface area contributed by atoms with E-state index in [2.05, 4.69) is 25.9 Å². The molecule has 0 saturated carbocycles. The van der Waals surface area contributed by atoms with Crippen molar-refractivity contribution >= 4 is 17.5 Å². The second-order valence-corrected chi connectivity index (χ2v) is 7.37. The minimum Gasteiger partial charge on any atom is -0.484 e. The van der Waals surface area contributed by atoms with Gasteiger partial charge in [0.25, 0.3) is 5.91 Å². The molecule has 0 aliphatic heterocycles. The molecule has 3 aromatic rings. The standard InChI is InChI=1S/C20H20F3N7O6/c1-11-17(30(33)34)12(2)29(27-11)9-15-26-19(36-28-15)18(32)25-7-6-24-16(31)10-35-14-5-3-4-13(8-14)20(21,22)23/h3-5,8H,6-7,9-10H2,1-2H3,(H,24,31)(H,25,32). The van der Waals surface area contributed by atoms with E-state index >= 15 is 0 Å². The highest BCUT2D eigenvalue weighted by atomic mass is 19.4. The van der Waals surface area contributed by atoms with Gasteiger partial charge in [0.2, 0.25) is 0 Å². The van der Waals surface area contributed by atoms with Gasteiger partial charge in [-0.15, -0.1) is 0 Å². The number of nitrogens with zero attached hydrogens (tertiary/aromatic N) is 5. The molecule has 0 fully saturated rings. The average Bonchev–Trinajstić information content (AvgIpc) is 3.39. The van der Waals surface area contributed by atoms with Crippen molar-refractivity contribution in [2.45, 2.75) is 26.6 Å². The summed E-state index contributed by atoms with van der Waals surface area (Å²) in [5.41, 5.74) is -0.510. The predicted molar refractivity (Wildman–Crippen MR) is 114 cm³/mol. The molecule has 0 unspecified atom stereocenters. The van der Waals surface area contributed by atoms with E-state index in [0.29, 0.717) is 5.69 Å². The Morgan fingerprint density at radius 3 is 2.61 bits per heavy atom. The van der Waals surface area contributed by atoms with E-state index in [1.54, 1.807) is 0 Å². The maximum absolute atomic E-state index is 12.7. The lowest BCUT2D eigenvalue weighted by Crippen LogP contribution is -2.36. The van der Waals surface area contributed by atoms with Crippen LogP contribution in [-0.2, 0) is 17.5 Å². The topological polar surface area (TPSA) is 167 Å². The van der Waals surface area contributed by atoms with Gasteiger partial charge in [0.05, 0.1) is 10.5 Å². The van der Waals surface area contributed by atoms with Gasteiger partial charge in [-0.1, -0.05) is 11.2 Å². The van der Waals surface area contributed by atoms with E-state index in [0.717, 1.165) is 18.2 Å². The number of carbonyl (C=O) groups is 2. The maximum Gasteiger partial charge on any atom is 0.416 e. The molecule has 0 spiro atoms. The fourth-order valence-corrected chi connectivity index (χ4v) is 3.07. The average molecular weight is 511 g/mol. The number of hydrogen-bond acceptors (Lipinski definition) is 9. The van der Waals surface area contributed by atoms with Gasteiger partial charge in [-0.2, -0.15) is 23.3 Å². The van der Waals surface area contributed by atoms with Gasteiger partial charge in [-0.3, -0.25) is 24.4 Å². The summed E-state index contributed by atoms with van der Waals surface area (Å²) in [4.78, 5) is 38.4. The number of benzene rings is 1. The molecule has 2 aromatic heterocycles.